The van der Waals surface area contributed by atoms with E-state index in [0.29, 0.717) is 25.9 Å². The summed E-state index contributed by atoms with van der Waals surface area (Å²) < 4.78 is 11.2. The summed E-state index contributed by atoms with van der Waals surface area (Å²) in [7, 11) is 1.68. The number of fused-ring (bicyclic) bond motifs is 1. The van der Waals surface area contributed by atoms with Crippen LogP contribution in [-0.4, -0.2) is 43.0 Å². The highest BCUT2D eigenvalue weighted by molar-refractivity contribution is 5.94. The molecule has 0 saturated carbocycles. The lowest BCUT2D eigenvalue weighted by Gasteiger charge is -2.25. The van der Waals surface area contributed by atoms with E-state index in [2.05, 4.69) is 17.4 Å². The molecular formula is C25H30N2O4. The highest BCUT2D eigenvalue weighted by Gasteiger charge is 2.28. The number of hydrogen-bond acceptors (Lipinski definition) is 4. The Labute approximate surface area is 183 Å². The van der Waals surface area contributed by atoms with Crippen LogP contribution in [0.15, 0.2) is 42.5 Å². The van der Waals surface area contributed by atoms with Crippen molar-refractivity contribution in [1.29, 1.82) is 0 Å². The summed E-state index contributed by atoms with van der Waals surface area (Å²) >= 11 is 0. The first-order valence-corrected chi connectivity index (χ1v) is 11.1. The molecule has 1 fully saturated rings. The second kappa shape index (κ2) is 9.86. The van der Waals surface area contributed by atoms with Crippen LogP contribution in [0.3, 0.4) is 0 Å². The normalized spacial score (nSPS) is 17.8. The molecular weight excluding hydrogens is 392 g/mol. The molecule has 2 aliphatic rings. The molecule has 6 heteroatoms. The number of rotatable bonds is 8. The Bertz CT molecular complexity index is 943. The molecule has 0 bridgehead atoms. The first kappa shape index (κ1) is 21.2. The summed E-state index contributed by atoms with van der Waals surface area (Å²) in [4.78, 5) is 26.3. The first-order chi connectivity index (χ1) is 15.1. The number of ether oxygens (including phenoxy) is 2. The van der Waals surface area contributed by atoms with Crippen LogP contribution < -0.4 is 14.8 Å². The van der Waals surface area contributed by atoms with Gasteiger partial charge in [0.15, 0.2) is 0 Å². The van der Waals surface area contributed by atoms with Gasteiger partial charge in [-0.1, -0.05) is 12.1 Å². The maximum Gasteiger partial charge on any atom is 0.224 e. The van der Waals surface area contributed by atoms with E-state index in [0.717, 1.165) is 55.0 Å². The lowest BCUT2D eigenvalue weighted by Crippen LogP contribution is -2.36. The average molecular weight is 423 g/mol. The zero-order valence-electron chi connectivity index (χ0n) is 18.1. The predicted molar refractivity (Wildman–Crippen MR) is 120 cm³/mol. The van der Waals surface area contributed by atoms with Crippen molar-refractivity contribution in [3.8, 4) is 11.5 Å². The van der Waals surface area contributed by atoms with Gasteiger partial charge in [0.05, 0.1) is 13.7 Å². The van der Waals surface area contributed by atoms with E-state index in [4.69, 9.17) is 9.47 Å². The van der Waals surface area contributed by atoms with Gasteiger partial charge in [0.25, 0.3) is 0 Å². The quantitative estimate of drug-likeness (QED) is 0.654. The van der Waals surface area contributed by atoms with Crippen LogP contribution in [0.25, 0.3) is 0 Å². The Hall–Kier alpha value is -3.02. The third-order valence-corrected chi connectivity index (χ3v) is 6.08. The van der Waals surface area contributed by atoms with Gasteiger partial charge in [0, 0.05) is 31.1 Å². The van der Waals surface area contributed by atoms with Gasteiger partial charge in [-0.3, -0.25) is 9.59 Å². The van der Waals surface area contributed by atoms with Crippen molar-refractivity contribution >= 4 is 17.5 Å². The molecule has 0 aromatic heterocycles. The molecule has 1 saturated heterocycles. The molecule has 1 atom stereocenters. The largest absolute Gasteiger partial charge is 0.497 e. The van der Waals surface area contributed by atoms with Crippen LogP contribution in [0, 0.1) is 0 Å². The standard InChI is InChI=1S/C25H30N2O4/c1-30-21-7-2-5-18(16-21)15-20-6-3-13-27(20)25(29)8-4-14-31-22-10-11-23-19(17-22)9-12-24(28)26-23/h2,5,7,10-11,16-17,20H,3-4,6,8-9,12-15H2,1H3,(H,26,28). The van der Waals surface area contributed by atoms with Crippen LogP contribution >= 0.6 is 0 Å². The highest BCUT2D eigenvalue weighted by Crippen LogP contribution is 2.27. The fourth-order valence-corrected chi connectivity index (χ4v) is 4.45. The lowest BCUT2D eigenvalue weighted by atomic mass is 10.0. The second-order valence-electron chi connectivity index (χ2n) is 8.26. The number of hydrogen-bond donors (Lipinski definition) is 1. The van der Waals surface area contributed by atoms with Crippen LogP contribution in [0.4, 0.5) is 5.69 Å². The van der Waals surface area contributed by atoms with Crippen molar-refractivity contribution in [3.05, 3.63) is 53.6 Å². The number of carbonyl (C=O) groups is 2. The summed E-state index contributed by atoms with van der Waals surface area (Å²) in [5.41, 5.74) is 3.18. The summed E-state index contributed by atoms with van der Waals surface area (Å²) in [6.45, 7) is 1.34. The SMILES string of the molecule is COc1cccc(CC2CCCN2C(=O)CCCOc2ccc3c(c2)CCC(=O)N3)c1. The third kappa shape index (κ3) is 5.37. The number of anilines is 1. The van der Waals surface area contributed by atoms with E-state index in [-0.39, 0.29) is 17.9 Å². The molecule has 2 aromatic carbocycles. The van der Waals surface area contributed by atoms with Gasteiger partial charge < -0.3 is 19.7 Å². The fraction of sp³-hybridized carbons (Fsp3) is 0.440. The van der Waals surface area contributed by atoms with Crippen LogP contribution in [0.5, 0.6) is 11.5 Å². The molecule has 2 aromatic rings. The molecule has 0 spiro atoms. The van der Waals surface area contributed by atoms with Crippen LogP contribution in [0.1, 0.15) is 43.2 Å². The van der Waals surface area contributed by atoms with E-state index >= 15 is 0 Å². The molecule has 2 heterocycles. The Morgan fingerprint density at radius 3 is 2.94 bits per heavy atom. The molecule has 0 radical (unpaired) electrons. The van der Waals surface area contributed by atoms with Crippen molar-refractivity contribution < 1.29 is 19.1 Å². The zero-order chi connectivity index (χ0) is 21.6. The molecule has 2 aliphatic heterocycles. The van der Waals surface area contributed by atoms with Gasteiger partial charge in [0.2, 0.25) is 11.8 Å². The van der Waals surface area contributed by atoms with Gasteiger partial charge in [0.1, 0.15) is 11.5 Å². The minimum atomic E-state index is 0.0614. The maximum atomic E-state index is 12.8. The van der Waals surface area contributed by atoms with E-state index in [9.17, 15) is 9.59 Å². The Kier molecular flexibility index (Phi) is 6.75. The summed E-state index contributed by atoms with van der Waals surface area (Å²) in [6.07, 6.45) is 5.40. The minimum Gasteiger partial charge on any atom is -0.497 e. The summed E-state index contributed by atoms with van der Waals surface area (Å²) in [5, 5.41) is 2.88. The second-order valence-corrected chi connectivity index (χ2v) is 8.26. The number of carbonyl (C=O) groups excluding carboxylic acids is 2. The van der Waals surface area contributed by atoms with E-state index in [1.54, 1.807) is 7.11 Å². The number of nitrogens with one attached hydrogen (secondary N) is 1. The van der Waals surface area contributed by atoms with Crippen molar-refractivity contribution in [1.82, 2.24) is 4.90 Å². The molecule has 0 aliphatic carbocycles. The van der Waals surface area contributed by atoms with E-state index in [1.807, 2.05) is 35.2 Å². The number of aryl methyl sites for hydroxylation is 1. The van der Waals surface area contributed by atoms with E-state index < -0.39 is 0 Å². The molecule has 1 N–H and O–H groups in total. The molecule has 4 rings (SSSR count). The third-order valence-electron chi connectivity index (χ3n) is 6.08. The number of benzene rings is 2. The smallest absolute Gasteiger partial charge is 0.224 e. The first-order valence-electron chi connectivity index (χ1n) is 11.1. The molecule has 31 heavy (non-hydrogen) atoms. The fourth-order valence-electron chi connectivity index (χ4n) is 4.45. The van der Waals surface area contributed by atoms with Gasteiger partial charge in [-0.05, 0) is 73.6 Å². The Morgan fingerprint density at radius 2 is 2.06 bits per heavy atom. The van der Waals surface area contributed by atoms with Crippen molar-refractivity contribution in [2.75, 3.05) is 25.6 Å². The van der Waals surface area contributed by atoms with Gasteiger partial charge in [-0.15, -0.1) is 0 Å². The summed E-state index contributed by atoms with van der Waals surface area (Å²) in [6, 6.07) is 14.1. The molecule has 164 valence electrons. The average Bonchev–Trinajstić information content (AvgIpc) is 3.25. The van der Waals surface area contributed by atoms with E-state index in [1.165, 1.54) is 5.56 Å². The number of likely N-dealkylation sites (tertiary alicyclic amines) is 1. The minimum absolute atomic E-state index is 0.0614. The van der Waals surface area contributed by atoms with Crippen molar-refractivity contribution in [2.24, 2.45) is 0 Å². The predicted octanol–water partition coefficient (Wildman–Crippen LogP) is 3.97. The number of nitrogens with zero attached hydrogens (tertiary/aromatic N) is 1. The Balaban J connectivity index is 1.24. The van der Waals surface area contributed by atoms with Gasteiger partial charge in [-0.2, -0.15) is 0 Å². The maximum absolute atomic E-state index is 12.8. The highest BCUT2D eigenvalue weighted by atomic mass is 16.5. The van der Waals surface area contributed by atoms with Crippen LogP contribution in [0.2, 0.25) is 0 Å². The molecule has 1 unspecified atom stereocenters. The van der Waals surface area contributed by atoms with Crippen LogP contribution in [-0.2, 0) is 22.4 Å². The Morgan fingerprint density at radius 1 is 1.16 bits per heavy atom. The van der Waals surface area contributed by atoms with Gasteiger partial charge >= 0.3 is 0 Å². The van der Waals surface area contributed by atoms with Gasteiger partial charge in [-0.25, -0.2) is 0 Å². The zero-order valence-corrected chi connectivity index (χ0v) is 18.1. The molecule has 6 nitrogen and oxygen atoms in total. The number of amides is 2. The monoisotopic (exact) mass is 422 g/mol. The molecule has 2 amide bonds. The summed E-state index contributed by atoms with van der Waals surface area (Å²) in [5.74, 6) is 1.92. The topological polar surface area (TPSA) is 67.9 Å². The lowest BCUT2D eigenvalue weighted by molar-refractivity contribution is -0.132. The van der Waals surface area contributed by atoms with Crippen molar-refractivity contribution in [3.63, 3.8) is 0 Å². The number of methoxy groups -OCH3 is 1. The van der Waals surface area contributed by atoms with Crippen molar-refractivity contribution in [2.45, 2.75) is 51.0 Å².